The predicted octanol–water partition coefficient (Wildman–Crippen LogP) is 1.29. The minimum absolute atomic E-state index is 0.00634. The molecule has 3 rings (SSSR count). The highest BCUT2D eigenvalue weighted by Crippen LogP contribution is 2.30. The Hall–Kier alpha value is -0.900. The second-order valence-electron chi connectivity index (χ2n) is 4.93. The van der Waals surface area contributed by atoms with Gasteiger partial charge in [0, 0.05) is 6.42 Å². The highest BCUT2D eigenvalue weighted by atomic mass is 16.4. The Morgan fingerprint density at radius 2 is 1.75 bits per heavy atom. The second kappa shape index (κ2) is 4.95. The van der Waals surface area contributed by atoms with Crippen LogP contribution in [0.2, 0.25) is 0 Å². The lowest BCUT2D eigenvalue weighted by atomic mass is 9.95. The molecule has 16 heavy (non-hydrogen) atoms. The van der Waals surface area contributed by atoms with Crippen LogP contribution in [-0.4, -0.2) is 40.9 Å². The van der Waals surface area contributed by atoms with Crippen molar-refractivity contribution in [2.24, 2.45) is 5.92 Å². The van der Waals surface area contributed by atoms with Gasteiger partial charge < -0.3 is 5.11 Å². The molecule has 0 aromatic carbocycles. The molecule has 3 saturated heterocycles. The Bertz CT molecular complexity index is 282. The van der Waals surface area contributed by atoms with Crippen LogP contribution in [0.3, 0.4) is 0 Å². The van der Waals surface area contributed by atoms with Crippen molar-refractivity contribution >= 4 is 11.8 Å². The van der Waals surface area contributed by atoms with Gasteiger partial charge in [-0.05, 0) is 44.7 Å². The largest absolute Gasteiger partial charge is 0.481 e. The third-order valence-corrected chi connectivity index (χ3v) is 3.90. The summed E-state index contributed by atoms with van der Waals surface area (Å²) in [5, 5.41) is 8.58. The summed E-state index contributed by atoms with van der Waals surface area (Å²) < 4.78 is 0. The molecule has 0 aromatic heterocycles. The molecule has 1 N–H and O–H groups in total. The first-order valence-corrected chi connectivity index (χ1v) is 6.15. The van der Waals surface area contributed by atoms with Gasteiger partial charge in [-0.3, -0.25) is 14.5 Å². The molecule has 0 radical (unpaired) electrons. The van der Waals surface area contributed by atoms with E-state index in [0.29, 0.717) is 0 Å². The van der Waals surface area contributed by atoms with E-state index in [9.17, 15) is 9.59 Å². The number of ketones is 1. The van der Waals surface area contributed by atoms with Gasteiger partial charge in [0.2, 0.25) is 0 Å². The van der Waals surface area contributed by atoms with E-state index in [1.807, 2.05) is 0 Å². The first-order chi connectivity index (χ1) is 7.66. The smallest absolute Gasteiger partial charge is 0.303 e. The van der Waals surface area contributed by atoms with Gasteiger partial charge in [-0.2, -0.15) is 0 Å². The molecule has 1 unspecified atom stereocenters. The standard InChI is InChI=1S/C12H19NO3/c14-11(3-4-12(15)16)10-2-1-9-5-7-13(10)8-6-9/h9-10H,1-8H2,(H,15,16). The van der Waals surface area contributed by atoms with E-state index in [4.69, 9.17) is 5.11 Å². The highest BCUT2D eigenvalue weighted by molar-refractivity contribution is 5.86. The molecule has 3 aliphatic rings. The molecule has 0 aromatic rings. The number of carboxylic acid groups (broad SMARTS) is 1. The predicted molar refractivity (Wildman–Crippen MR) is 59.2 cm³/mol. The molecule has 4 heteroatoms. The van der Waals surface area contributed by atoms with Gasteiger partial charge in [-0.25, -0.2) is 0 Å². The molecular formula is C12H19NO3. The summed E-state index contributed by atoms with van der Waals surface area (Å²) in [6.45, 7) is 2.04. The molecule has 0 saturated carbocycles. The van der Waals surface area contributed by atoms with Crippen molar-refractivity contribution in [3.8, 4) is 0 Å². The second-order valence-corrected chi connectivity index (χ2v) is 4.93. The first kappa shape index (κ1) is 11.6. The van der Waals surface area contributed by atoms with Crippen LogP contribution in [0.1, 0.15) is 38.5 Å². The van der Waals surface area contributed by atoms with Crippen molar-refractivity contribution < 1.29 is 14.7 Å². The zero-order chi connectivity index (χ0) is 11.5. The normalized spacial score (nSPS) is 33.4. The van der Waals surface area contributed by atoms with Crippen molar-refractivity contribution in [2.45, 2.75) is 44.6 Å². The highest BCUT2D eigenvalue weighted by Gasteiger charge is 2.33. The van der Waals surface area contributed by atoms with Crippen LogP contribution in [-0.2, 0) is 9.59 Å². The average molecular weight is 225 g/mol. The van der Waals surface area contributed by atoms with Gasteiger partial charge in [0.1, 0.15) is 0 Å². The van der Waals surface area contributed by atoms with E-state index in [2.05, 4.69) is 4.90 Å². The third-order valence-electron chi connectivity index (χ3n) is 3.90. The summed E-state index contributed by atoms with van der Waals surface area (Å²) in [5.74, 6) is 0.0553. The molecule has 1 atom stereocenters. The molecule has 0 amide bonds. The minimum atomic E-state index is -0.874. The fourth-order valence-electron chi connectivity index (χ4n) is 2.89. The number of carboxylic acids is 1. The Balaban J connectivity index is 1.92. The molecule has 3 heterocycles. The van der Waals surface area contributed by atoms with Gasteiger partial charge >= 0.3 is 5.97 Å². The summed E-state index contributed by atoms with van der Waals surface area (Å²) in [4.78, 5) is 24.6. The molecular weight excluding hydrogens is 206 g/mol. The fourth-order valence-corrected chi connectivity index (χ4v) is 2.89. The number of nitrogens with zero attached hydrogens (tertiary/aromatic N) is 1. The third kappa shape index (κ3) is 2.61. The van der Waals surface area contributed by atoms with E-state index in [1.165, 1.54) is 12.8 Å². The van der Waals surface area contributed by atoms with Crippen molar-refractivity contribution in [2.75, 3.05) is 13.1 Å². The lowest BCUT2D eigenvalue weighted by Crippen LogP contribution is -2.42. The van der Waals surface area contributed by atoms with Crippen LogP contribution in [0.4, 0.5) is 0 Å². The van der Waals surface area contributed by atoms with E-state index in [-0.39, 0.29) is 24.7 Å². The summed E-state index contributed by atoms with van der Waals surface area (Å²) in [5.41, 5.74) is 0. The number of carbonyl (C=O) groups is 2. The number of aliphatic carboxylic acids is 1. The summed E-state index contributed by atoms with van der Waals surface area (Å²) in [7, 11) is 0. The number of hydrogen-bond acceptors (Lipinski definition) is 3. The summed E-state index contributed by atoms with van der Waals surface area (Å²) in [6, 6.07) is 0.00634. The fraction of sp³-hybridized carbons (Fsp3) is 0.833. The van der Waals surface area contributed by atoms with Crippen molar-refractivity contribution in [1.29, 1.82) is 0 Å². The number of hydrogen-bond donors (Lipinski definition) is 1. The summed E-state index contributed by atoms with van der Waals surface area (Å²) in [6.07, 6.45) is 4.67. The molecule has 3 aliphatic heterocycles. The Kier molecular flexibility index (Phi) is 3.59. The Labute approximate surface area is 95.6 Å². The molecule has 3 fully saturated rings. The Morgan fingerprint density at radius 1 is 1.06 bits per heavy atom. The van der Waals surface area contributed by atoms with Crippen LogP contribution in [0.5, 0.6) is 0 Å². The number of rotatable bonds is 4. The number of piperidine rings is 1. The van der Waals surface area contributed by atoms with Crippen LogP contribution < -0.4 is 0 Å². The van der Waals surface area contributed by atoms with Gasteiger partial charge in [0.25, 0.3) is 0 Å². The van der Waals surface area contributed by atoms with Crippen molar-refractivity contribution in [3.63, 3.8) is 0 Å². The lowest BCUT2D eigenvalue weighted by Gasteiger charge is -2.31. The van der Waals surface area contributed by atoms with Crippen LogP contribution >= 0.6 is 0 Å². The topological polar surface area (TPSA) is 57.6 Å². The number of fused-ring (bicyclic) bond motifs is 4. The van der Waals surface area contributed by atoms with Crippen molar-refractivity contribution in [3.05, 3.63) is 0 Å². The van der Waals surface area contributed by atoms with Crippen LogP contribution in [0.25, 0.3) is 0 Å². The van der Waals surface area contributed by atoms with E-state index in [0.717, 1.165) is 31.8 Å². The molecule has 4 nitrogen and oxygen atoms in total. The van der Waals surface area contributed by atoms with E-state index < -0.39 is 5.97 Å². The van der Waals surface area contributed by atoms with Crippen LogP contribution in [0.15, 0.2) is 0 Å². The lowest BCUT2D eigenvalue weighted by molar-refractivity contribution is -0.139. The zero-order valence-corrected chi connectivity index (χ0v) is 9.52. The van der Waals surface area contributed by atoms with Gasteiger partial charge in [0.15, 0.2) is 5.78 Å². The maximum absolute atomic E-state index is 11.9. The Morgan fingerprint density at radius 3 is 2.38 bits per heavy atom. The first-order valence-electron chi connectivity index (χ1n) is 6.15. The van der Waals surface area contributed by atoms with Gasteiger partial charge in [-0.1, -0.05) is 0 Å². The number of Topliss-reactive ketones (excluding diaryl/α,β-unsaturated/α-hetero) is 1. The average Bonchev–Trinajstić information content (AvgIpc) is 2.59. The summed E-state index contributed by atoms with van der Waals surface area (Å²) >= 11 is 0. The van der Waals surface area contributed by atoms with Crippen molar-refractivity contribution in [1.82, 2.24) is 4.90 Å². The van der Waals surface area contributed by atoms with E-state index in [1.54, 1.807) is 0 Å². The quantitative estimate of drug-likeness (QED) is 0.783. The minimum Gasteiger partial charge on any atom is -0.481 e. The van der Waals surface area contributed by atoms with E-state index >= 15 is 0 Å². The maximum Gasteiger partial charge on any atom is 0.303 e. The van der Waals surface area contributed by atoms with Gasteiger partial charge in [0.05, 0.1) is 12.5 Å². The molecule has 90 valence electrons. The van der Waals surface area contributed by atoms with Crippen LogP contribution in [0, 0.1) is 5.92 Å². The monoisotopic (exact) mass is 225 g/mol. The zero-order valence-electron chi connectivity index (χ0n) is 9.52. The SMILES string of the molecule is O=C(O)CCC(=O)C1CCC2CCN1CC2. The maximum atomic E-state index is 11.9. The van der Waals surface area contributed by atoms with Gasteiger partial charge in [-0.15, -0.1) is 0 Å². The molecule has 0 aliphatic carbocycles. The number of carbonyl (C=O) groups excluding carboxylic acids is 1. The molecule has 2 bridgehead atoms. The molecule has 0 spiro atoms.